The van der Waals surface area contributed by atoms with Gasteiger partial charge in [0.1, 0.15) is 17.0 Å². The van der Waals surface area contributed by atoms with Crippen molar-refractivity contribution in [2.24, 2.45) is 0 Å². The molecule has 0 radical (unpaired) electrons. The second-order valence-electron chi connectivity index (χ2n) is 6.50. The van der Waals surface area contributed by atoms with Gasteiger partial charge in [-0.05, 0) is 68.4 Å². The summed E-state index contributed by atoms with van der Waals surface area (Å²) >= 11 is 0. The van der Waals surface area contributed by atoms with Crippen LogP contribution in [0.15, 0.2) is 67.3 Å². The second kappa shape index (κ2) is 7.59. The van der Waals surface area contributed by atoms with E-state index in [4.69, 9.17) is 4.74 Å². The number of piperidine rings is 1. The number of aromatic nitrogens is 3. The summed E-state index contributed by atoms with van der Waals surface area (Å²) in [5, 5.41) is 10.7. The van der Waals surface area contributed by atoms with Crippen molar-refractivity contribution in [3.63, 3.8) is 0 Å². The van der Waals surface area contributed by atoms with Crippen LogP contribution < -0.4 is 15.4 Å². The van der Waals surface area contributed by atoms with Gasteiger partial charge in [-0.2, -0.15) is 5.10 Å². The van der Waals surface area contributed by atoms with Crippen molar-refractivity contribution in [3.8, 4) is 11.5 Å². The smallest absolute Gasteiger partial charge is 0.252 e. The Bertz CT molecular complexity index is 873. The van der Waals surface area contributed by atoms with Crippen molar-refractivity contribution in [1.29, 1.82) is 0 Å². The van der Waals surface area contributed by atoms with Gasteiger partial charge in [0.2, 0.25) is 0 Å². The molecule has 7 heteroatoms. The molecule has 1 amide bonds. The Balaban J connectivity index is 1.48. The van der Waals surface area contributed by atoms with Gasteiger partial charge in [-0.1, -0.05) is 0 Å². The number of hydrogen-bond acceptors (Lipinski definition) is 5. The van der Waals surface area contributed by atoms with Crippen LogP contribution in [0.2, 0.25) is 0 Å². The maximum Gasteiger partial charge on any atom is 0.252 e. The van der Waals surface area contributed by atoms with E-state index in [-0.39, 0.29) is 5.91 Å². The minimum absolute atomic E-state index is 0.0458. The van der Waals surface area contributed by atoms with E-state index < -0.39 is 5.54 Å². The second-order valence-corrected chi connectivity index (χ2v) is 6.50. The highest BCUT2D eigenvalue weighted by atomic mass is 16.5. The molecule has 1 aromatic carbocycles. The quantitative estimate of drug-likeness (QED) is 0.729. The molecule has 4 rings (SSSR count). The predicted octanol–water partition coefficient (Wildman–Crippen LogP) is 2.79. The maximum absolute atomic E-state index is 13.1. The van der Waals surface area contributed by atoms with E-state index in [1.54, 1.807) is 35.4 Å². The van der Waals surface area contributed by atoms with Crippen molar-refractivity contribution in [1.82, 2.24) is 20.1 Å². The zero-order valence-electron chi connectivity index (χ0n) is 14.8. The molecule has 1 aliphatic rings. The molecular formula is C20H21N5O2. The lowest BCUT2D eigenvalue weighted by molar-refractivity contribution is -0.126. The third kappa shape index (κ3) is 3.68. The molecule has 27 heavy (non-hydrogen) atoms. The van der Waals surface area contributed by atoms with E-state index in [1.807, 2.05) is 36.5 Å². The van der Waals surface area contributed by atoms with Crippen LogP contribution in [0, 0.1) is 0 Å². The molecule has 0 aliphatic carbocycles. The molecular weight excluding hydrogens is 342 g/mol. The number of amides is 1. The van der Waals surface area contributed by atoms with E-state index >= 15 is 0 Å². The molecule has 0 unspecified atom stereocenters. The fourth-order valence-corrected chi connectivity index (χ4v) is 3.32. The Kier molecular flexibility index (Phi) is 4.84. The monoisotopic (exact) mass is 363 g/mol. The lowest BCUT2D eigenvalue weighted by Crippen LogP contribution is -2.52. The maximum atomic E-state index is 13.1. The highest BCUT2D eigenvalue weighted by molar-refractivity contribution is 5.96. The summed E-state index contributed by atoms with van der Waals surface area (Å²) in [5.74, 6) is 1.37. The zero-order valence-corrected chi connectivity index (χ0v) is 14.8. The number of nitrogens with zero attached hydrogens (tertiary/aromatic N) is 3. The summed E-state index contributed by atoms with van der Waals surface area (Å²) in [6, 6.07) is 12.8. The van der Waals surface area contributed by atoms with Gasteiger partial charge in [0.25, 0.3) is 5.91 Å². The molecule has 7 nitrogen and oxygen atoms in total. The van der Waals surface area contributed by atoms with Crippen LogP contribution in [0.4, 0.5) is 5.69 Å². The first kappa shape index (κ1) is 17.2. The lowest BCUT2D eigenvalue weighted by atomic mass is 9.87. The summed E-state index contributed by atoms with van der Waals surface area (Å²) in [4.78, 5) is 17.1. The first-order valence-corrected chi connectivity index (χ1v) is 8.97. The Hall–Kier alpha value is -3.19. The van der Waals surface area contributed by atoms with Crippen LogP contribution in [0.1, 0.15) is 12.8 Å². The van der Waals surface area contributed by atoms with Gasteiger partial charge in [-0.25, -0.2) is 0 Å². The molecule has 2 N–H and O–H groups in total. The third-order valence-corrected chi connectivity index (χ3v) is 4.79. The molecule has 1 fully saturated rings. The van der Waals surface area contributed by atoms with Gasteiger partial charge in [0, 0.05) is 30.5 Å². The Labute approximate surface area is 157 Å². The largest absolute Gasteiger partial charge is 0.457 e. The minimum atomic E-state index is -0.666. The molecule has 0 saturated carbocycles. The lowest BCUT2D eigenvalue weighted by Gasteiger charge is -2.36. The van der Waals surface area contributed by atoms with Crippen molar-refractivity contribution in [2.75, 3.05) is 18.4 Å². The fourth-order valence-electron chi connectivity index (χ4n) is 3.32. The Morgan fingerprint density at radius 3 is 2.41 bits per heavy atom. The highest BCUT2D eigenvalue weighted by Gasteiger charge is 2.42. The normalized spacial score (nSPS) is 15.9. The molecule has 0 atom stereocenters. The Morgan fingerprint density at radius 2 is 1.74 bits per heavy atom. The summed E-state index contributed by atoms with van der Waals surface area (Å²) in [6.45, 7) is 1.57. The molecule has 138 valence electrons. The summed E-state index contributed by atoms with van der Waals surface area (Å²) in [6.07, 6.45) is 8.32. The van der Waals surface area contributed by atoms with E-state index in [0.717, 1.165) is 18.8 Å². The van der Waals surface area contributed by atoms with Crippen molar-refractivity contribution >= 4 is 11.6 Å². The molecule has 1 saturated heterocycles. The summed E-state index contributed by atoms with van der Waals surface area (Å²) < 4.78 is 7.54. The number of nitrogens with one attached hydrogen (secondary N) is 2. The van der Waals surface area contributed by atoms with Crippen molar-refractivity contribution < 1.29 is 9.53 Å². The van der Waals surface area contributed by atoms with E-state index in [0.29, 0.717) is 24.3 Å². The molecule has 1 aliphatic heterocycles. The third-order valence-electron chi connectivity index (χ3n) is 4.79. The topological polar surface area (TPSA) is 81.1 Å². The number of hydrogen-bond donors (Lipinski definition) is 2. The van der Waals surface area contributed by atoms with Gasteiger partial charge in [0.15, 0.2) is 0 Å². The van der Waals surface area contributed by atoms with Gasteiger partial charge in [-0.3, -0.25) is 14.5 Å². The molecule has 3 aromatic rings. The molecule has 0 spiro atoms. The predicted molar refractivity (Wildman–Crippen MR) is 102 cm³/mol. The van der Waals surface area contributed by atoms with Crippen LogP contribution in [-0.4, -0.2) is 33.8 Å². The van der Waals surface area contributed by atoms with Gasteiger partial charge in [0.05, 0.1) is 0 Å². The van der Waals surface area contributed by atoms with Crippen LogP contribution in [0.5, 0.6) is 11.5 Å². The number of ether oxygens (including phenoxy) is 1. The van der Waals surface area contributed by atoms with Crippen LogP contribution in [-0.2, 0) is 10.3 Å². The number of pyridine rings is 1. The number of carbonyl (C=O) groups is 1. The van der Waals surface area contributed by atoms with E-state index in [1.165, 1.54) is 0 Å². The molecule has 3 heterocycles. The molecule has 2 aromatic heterocycles. The van der Waals surface area contributed by atoms with Crippen molar-refractivity contribution in [2.45, 2.75) is 18.4 Å². The average Bonchev–Trinajstić information content (AvgIpc) is 3.26. The number of rotatable bonds is 5. The average molecular weight is 363 g/mol. The Morgan fingerprint density at radius 1 is 1.04 bits per heavy atom. The van der Waals surface area contributed by atoms with Gasteiger partial charge < -0.3 is 15.4 Å². The number of carbonyl (C=O) groups excluding carboxylic acids is 1. The van der Waals surface area contributed by atoms with Gasteiger partial charge >= 0.3 is 0 Å². The summed E-state index contributed by atoms with van der Waals surface area (Å²) in [5.41, 5.74) is 0.0631. The fraction of sp³-hybridized carbons (Fsp3) is 0.250. The van der Waals surface area contributed by atoms with Crippen LogP contribution in [0.3, 0.4) is 0 Å². The minimum Gasteiger partial charge on any atom is -0.457 e. The van der Waals surface area contributed by atoms with E-state index in [9.17, 15) is 4.79 Å². The van der Waals surface area contributed by atoms with Crippen molar-refractivity contribution in [3.05, 3.63) is 67.3 Å². The molecule has 0 bridgehead atoms. The first-order chi connectivity index (χ1) is 13.3. The van der Waals surface area contributed by atoms with Crippen LogP contribution in [0.25, 0.3) is 0 Å². The highest BCUT2D eigenvalue weighted by Crippen LogP contribution is 2.29. The SMILES string of the molecule is O=C(Nc1ccc(Oc2ccncc2)cc1)C1(n2cccn2)CCNCC1. The zero-order chi connectivity index (χ0) is 18.5. The first-order valence-electron chi connectivity index (χ1n) is 8.97. The van der Waals surface area contributed by atoms with Crippen LogP contribution >= 0.6 is 0 Å². The standard InChI is InChI=1S/C20H21N5O2/c26-19(20(8-13-22-14-9-20)25-15-1-10-23-25)24-16-2-4-17(5-3-16)27-18-6-11-21-12-7-18/h1-7,10-12,15,22H,8-9,13-14H2,(H,24,26). The number of anilines is 1. The number of benzene rings is 1. The van der Waals surface area contributed by atoms with Gasteiger partial charge in [-0.15, -0.1) is 0 Å². The summed E-state index contributed by atoms with van der Waals surface area (Å²) in [7, 11) is 0. The van der Waals surface area contributed by atoms with E-state index in [2.05, 4.69) is 20.7 Å².